The Kier molecular flexibility index (Phi) is 8.79. The third kappa shape index (κ3) is 6.47. The van der Waals surface area contributed by atoms with Crippen LogP contribution in [-0.2, 0) is 6.54 Å². The Morgan fingerprint density at radius 2 is 1.81 bits per heavy atom. The predicted molar refractivity (Wildman–Crippen MR) is 129 cm³/mol. The molecule has 1 N–H and O–H groups in total. The maximum Gasteiger partial charge on any atom is 0.160 e. The molecule has 4 heteroatoms. The Morgan fingerprint density at radius 1 is 1.10 bits per heavy atom. The van der Waals surface area contributed by atoms with Gasteiger partial charge in [-0.3, -0.25) is 9.80 Å². The number of hydrogen-bond acceptors (Lipinski definition) is 4. The minimum absolute atomic E-state index is 0.208. The summed E-state index contributed by atoms with van der Waals surface area (Å²) in [6, 6.07) is 17.8. The van der Waals surface area contributed by atoms with Crippen LogP contribution >= 0.6 is 0 Å². The average molecular weight is 425 g/mol. The van der Waals surface area contributed by atoms with Crippen molar-refractivity contribution >= 4 is 0 Å². The SMILES string of the molecule is CCC(c1ccccc1)N1CCC(N(CCC(C)C)Cc2ccc(O)c(OC)c2)CC1. The molecule has 1 aliphatic heterocycles. The summed E-state index contributed by atoms with van der Waals surface area (Å²) >= 11 is 0. The van der Waals surface area contributed by atoms with Gasteiger partial charge in [0, 0.05) is 31.7 Å². The van der Waals surface area contributed by atoms with E-state index in [1.54, 1.807) is 13.2 Å². The first-order valence-corrected chi connectivity index (χ1v) is 11.9. The van der Waals surface area contributed by atoms with Gasteiger partial charge in [0.05, 0.1) is 7.11 Å². The molecule has 0 saturated carbocycles. The van der Waals surface area contributed by atoms with E-state index >= 15 is 0 Å². The molecule has 2 aromatic carbocycles. The average Bonchev–Trinajstić information content (AvgIpc) is 2.79. The highest BCUT2D eigenvalue weighted by atomic mass is 16.5. The van der Waals surface area contributed by atoms with Gasteiger partial charge in [0.1, 0.15) is 0 Å². The van der Waals surface area contributed by atoms with E-state index in [2.05, 4.69) is 60.9 Å². The Bertz CT molecular complexity index is 785. The number of aromatic hydroxyl groups is 1. The third-order valence-electron chi connectivity index (χ3n) is 6.65. The first-order valence-electron chi connectivity index (χ1n) is 11.9. The fourth-order valence-electron chi connectivity index (χ4n) is 4.81. The molecule has 0 bridgehead atoms. The zero-order valence-corrected chi connectivity index (χ0v) is 19.8. The quantitative estimate of drug-likeness (QED) is 0.518. The first kappa shape index (κ1) is 23.6. The summed E-state index contributed by atoms with van der Waals surface area (Å²) in [5, 5.41) is 9.95. The molecule has 1 unspecified atom stereocenters. The van der Waals surface area contributed by atoms with Crippen LogP contribution in [-0.4, -0.2) is 47.7 Å². The van der Waals surface area contributed by atoms with Crippen molar-refractivity contribution in [3.63, 3.8) is 0 Å². The van der Waals surface area contributed by atoms with Crippen LogP contribution in [0.2, 0.25) is 0 Å². The van der Waals surface area contributed by atoms with Crippen molar-refractivity contribution in [2.45, 2.75) is 65.1 Å². The van der Waals surface area contributed by atoms with Gasteiger partial charge in [-0.2, -0.15) is 0 Å². The highest BCUT2D eigenvalue weighted by Crippen LogP contribution is 2.31. The van der Waals surface area contributed by atoms with E-state index in [1.165, 1.54) is 30.4 Å². The second kappa shape index (κ2) is 11.5. The lowest BCUT2D eigenvalue weighted by atomic mass is 9.96. The lowest BCUT2D eigenvalue weighted by Gasteiger charge is -2.42. The number of rotatable bonds is 10. The summed E-state index contributed by atoms with van der Waals surface area (Å²) < 4.78 is 5.33. The number of benzene rings is 2. The fraction of sp³-hybridized carbons (Fsp3) is 0.556. The standard InChI is InChI=1S/C27H40N2O2/c1-5-25(23-9-7-6-8-10-23)28-17-14-24(15-18-28)29(16-13-21(2)3)20-22-11-12-26(30)27(19-22)31-4/h6-12,19,21,24-25,30H,5,13-18,20H2,1-4H3. The van der Waals surface area contributed by atoms with Crippen LogP contribution in [0.1, 0.15) is 63.6 Å². The second-order valence-corrected chi connectivity index (χ2v) is 9.26. The number of phenols is 1. The van der Waals surface area contributed by atoms with E-state index in [4.69, 9.17) is 4.74 Å². The van der Waals surface area contributed by atoms with E-state index in [-0.39, 0.29) is 5.75 Å². The van der Waals surface area contributed by atoms with Gasteiger partial charge in [0.15, 0.2) is 11.5 Å². The van der Waals surface area contributed by atoms with Crippen molar-refractivity contribution < 1.29 is 9.84 Å². The summed E-state index contributed by atoms with van der Waals surface area (Å²) in [5.74, 6) is 1.46. The summed E-state index contributed by atoms with van der Waals surface area (Å²) in [4.78, 5) is 5.34. The van der Waals surface area contributed by atoms with E-state index in [9.17, 15) is 5.11 Å². The Balaban J connectivity index is 1.66. The van der Waals surface area contributed by atoms with Crippen molar-refractivity contribution in [2.24, 2.45) is 5.92 Å². The molecule has 0 aliphatic carbocycles. The molecule has 1 fully saturated rings. The number of ether oxygens (including phenoxy) is 1. The van der Waals surface area contributed by atoms with Crippen LogP contribution in [0.3, 0.4) is 0 Å². The lowest BCUT2D eigenvalue weighted by molar-refractivity contribution is 0.0744. The van der Waals surface area contributed by atoms with Crippen LogP contribution in [0.15, 0.2) is 48.5 Å². The van der Waals surface area contributed by atoms with Gasteiger partial charge in [-0.25, -0.2) is 0 Å². The van der Waals surface area contributed by atoms with Crippen LogP contribution < -0.4 is 4.74 Å². The molecule has 0 aromatic heterocycles. The van der Waals surface area contributed by atoms with Gasteiger partial charge in [-0.1, -0.05) is 57.2 Å². The fourth-order valence-corrected chi connectivity index (χ4v) is 4.81. The maximum atomic E-state index is 9.95. The highest BCUT2D eigenvalue weighted by molar-refractivity contribution is 5.41. The summed E-state index contributed by atoms with van der Waals surface area (Å²) in [6.45, 7) is 11.2. The molecular weight excluding hydrogens is 384 g/mol. The first-order chi connectivity index (χ1) is 15.0. The molecule has 0 spiro atoms. The molecule has 0 amide bonds. The van der Waals surface area contributed by atoms with Gasteiger partial charge < -0.3 is 9.84 Å². The molecule has 0 radical (unpaired) electrons. The minimum Gasteiger partial charge on any atom is -0.504 e. The number of phenolic OH excluding ortho intramolecular Hbond substituents is 1. The van der Waals surface area contributed by atoms with E-state index < -0.39 is 0 Å². The number of piperidine rings is 1. The minimum atomic E-state index is 0.208. The lowest BCUT2D eigenvalue weighted by Crippen LogP contribution is -2.46. The zero-order valence-electron chi connectivity index (χ0n) is 19.8. The maximum absolute atomic E-state index is 9.95. The van der Waals surface area contributed by atoms with Crippen LogP contribution in [0.25, 0.3) is 0 Å². The van der Waals surface area contributed by atoms with Crippen LogP contribution in [0.5, 0.6) is 11.5 Å². The van der Waals surface area contributed by atoms with Gasteiger partial charge in [0.2, 0.25) is 0 Å². The second-order valence-electron chi connectivity index (χ2n) is 9.26. The van der Waals surface area contributed by atoms with Crippen molar-refractivity contribution in [3.05, 3.63) is 59.7 Å². The Hall–Kier alpha value is -2.04. The third-order valence-corrected chi connectivity index (χ3v) is 6.65. The molecule has 1 atom stereocenters. The predicted octanol–water partition coefficient (Wildman–Crippen LogP) is 5.86. The van der Waals surface area contributed by atoms with Crippen molar-refractivity contribution in [2.75, 3.05) is 26.7 Å². The Morgan fingerprint density at radius 3 is 2.42 bits per heavy atom. The highest BCUT2D eigenvalue weighted by Gasteiger charge is 2.28. The number of hydrogen-bond donors (Lipinski definition) is 1. The van der Waals surface area contributed by atoms with Gasteiger partial charge in [-0.15, -0.1) is 0 Å². The topological polar surface area (TPSA) is 35.9 Å². The van der Waals surface area contributed by atoms with E-state index in [0.29, 0.717) is 23.8 Å². The molecule has 3 rings (SSSR count). The monoisotopic (exact) mass is 424 g/mol. The normalized spacial score (nSPS) is 16.7. The van der Waals surface area contributed by atoms with Gasteiger partial charge in [0.25, 0.3) is 0 Å². The smallest absolute Gasteiger partial charge is 0.160 e. The van der Waals surface area contributed by atoms with Crippen molar-refractivity contribution in [1.82, 2.24) is 9.80 Å². The summed E-state index contributed by atoms with van der Waals surface area (Å²) in [5.41, 5.74) is 2.65. The molecule has 31 heavy (non-hydrogen) atoms. The molecule has 170 valence electrons. The number of nitrogens with zero attached hydrogens (tertiary/aromatic N) is 2. The van der Waals surface area contributed by atoms with Gasteiger partial charge in [-0.05, 0) is 61.4 Å². The zero-order chi connectivity index (χ0) is 22.2. The summed E-state index contributed by atoms with van der Waals surface area (Å²) in [7, 11) is 1.61. The largest absolute Gasteiger partial charge is 0.504 e. The molecule has 1 saturated heterocycles. The van der Waals surface area contributed by atoms with E-state index in [0.717, 1.165) is 32.6 Å². The van der Waals surface area contributed by atoms with Gasteiger partial charge >= 0.3 is 0 Å². The molecule has 2 aromatic rings. The van der Waals surface area contributed by atoms with Crippen LogP contribution in [0, 0.1) is 5.92 Å². The Labute approximate surface area is 188 Å². The molecule has 1 aliphatic rings. The van der Waals surface area contributed by atoms with Crippen molar-refractivity contribution in [3.8, 4) is 11.5 Å². The van der Waals surface area contributed by atoms with E-state index in [1.807, 2.05) is 12.1 Å². The number of likely N-dealkylation sites (tertiary alicyclic amines) is 1. The molecular formula is C27H40N2O2. The summed E-state index contributed by atoms with van der Waals surface area (Å²) in [6.07, 6.45) is 4.77. The molecule has 4 nitrogen and oxygen atoms in total. The number of methoxy groups -OCH3 is 1. The van der Waals surface area contributed by atoms with Crippen LogP contribution in [0.4, 0.5) is 0 Å². The van der Waals surface area contributed by atoms with Crippen molar-refractivity contribution in [1.29, 1.82) is 0 Å². The molecule has 1 heterocycles.